The predicted molar refractivity (Wildman–Crippen MR) is 65.2 cm³/mol. The molecule has 1 aliphatic rings. The molecule has 0 aliphatic carbocycles. The van der Waals surface area contributed by atoms with Crippen molar-refractivity contribution in [3.05, 3.63) is 30.1 Å². The van der Waals surface area contributed by atoms with Gasteiger partial charge in [-0.25, -0.2) is 0 Å². The Hall–Kier alpha value is -1.46. The molecule has 2 heterocycles. The first-order chi connectivity index (χ1) is 8.31. The topological polar surface area (TPSA) is 71.2 Å². The number of hydrogen-bond donors (Lipinski definition) is 2. The molecule has 1 amide bonds. The largest absolute Gasteiger partial charge is 0.355 e. The van der Waals surface area contributed by atoms with Gasteiger partial charge in [-0.2, -0.15) is 0 Å². The molecule has 0 radical (unpaired) electrons. The van der Waals surface area contributed by atoms with Crippen molar-refractivity contribution >= 4 is 5.91 Å². The van der Waals surface area contributed by atoms with Gasteiger partial charge in [-0.15, -0.1) is 0 Å². The fraction of sp³-hybridized carbons (Fsp3) is 0.500. The number of carbonyl (C=O) groups is 1. The molecule has 3 N–H and O–H groups in total. The van der Waals surface area contributed by atoms with Crippen molar-refractivity contribution in [3.63, 3.8) is 0 Å². The molecule has 5 heteroatoms. The van der Waals surface area contributed by atoms with Crippen LogP contribution in [0.2, 0.25) is 0 Å². The zero-order chi connectivity index (χ0) is 12.1. The molecule has 1 saturated heterocycles. The van der Waals surface area contributed by atoms with Crippen LogP contribution in [-0.2, 0) is 4.79 Å². The van der Waals surface area contributed by atoms with Gasteiger partial charge in [0.2, 0.25) is 5.91 Å². The first-order valence-electron chi connectivity index (χ1n) is 5.92. The standard InChI is InChI=1S/C12H18N4O/c13-9-11(10-1-4-14-5-2-10)16-7-3-12(17)15-6-8-16/h1-2,4-5,11H,3,6-9,13H2,(H,15,17). The smallest absolute Gasteiger partial charge is 0.221 e. The van der Waals surface area contributed by atoms with E-state index in [2.05, 4.69) is 15.2 Å². The molecule has 0 spiro atoms. The minimum absolute atomic E-state index is 0.123. The maximum absolute atomic E-state index is 11.3. The lowest BCUT2D eigenvalue weighted by Crippen LogP contribution is -2.36. The molecular weight excluding hydrogens is 216 g/mol. The zero-order valence-corrected chi connectivity index (χ0v) is 9.80. The summed E-state index contributed by atoms with van der Waals surface area (Å²) in [5.41, 5.74) is 7.02. The summed E-state index contributed by atoms with van der Waals surface area (Å²) in [6.45, 7) is 2.85. The average Bonchev–Trinajstić information content (AvgIpc) is 2.57. The Bertz CT molecular complexity index is 368. The van der Waals surface area contributed by atoms with Crippen LogP contribution in [0.25, 0.3) is 0 Å². The number of carbonyl (C=O) groups excluding carboxylic acids is 1. The summed E-state index contributed by atoms with van der Waals surface area (Å²) in [6.07, 6.45) is 4.10. The molecule has 0 saturated carbocycles. The van der Waals surface area contributed by atoms with Crippen molar-refractivity contribution in [2.45, 2.75) is 12.5 Å². The summed E-state index contributed by atoms with van der Waals surface area (Å²) in [4.78, 5) is 17.6. The van der Waals surface area contributed by atoms with Crippen LogP contribution in [0.15, 0.2) is 24.5 Å². The van der Waals surface area contributed by atoms with Crippen LogP contribution in [0.5, 0.6) is 0 Å². The van der Waals surface area contributed by atoms with Crippen molar-refractivity contribution in [3.8, 4) is 0 Å². The third-order valence-electron chi connectivity index (χ3n) is 3.10. The molecule has 17 heavy (non-hydrogen) atoms. The highest BCUT2D eigenvalue weighted by atomic mass is 16.1. The number of amides is 1. The van der Waals surface area contributed by atoms with E-state index in [0.717, 1.165) is 18.7 Å². The van der Waals surface area contributed by atoms with Crippen LogP contribution in [0.1, 0.15) is 18.0 Å². The van der Waals surface area contributed by atoms with Gasteiger partial charge >= 0.3 is 0 Å². The van der Waals surface area contributed by atoms with Gasteiger partial charge in [0.25, 0.3) is 0 Å². The lowest BCUT2D eigenvalue weighted by molar-refractivity contribution is -0.120. The average molecular weight is 234 g/mol. The van der Waals surface area contributed by atoms with Gasteiger partial charge in [0.05, 0.1) is 0 Å². The number of nitrogens with two attached hydrogens (primary N) is 1. The van der Waals surface area contributed by atoms with Gasteiger partial charge in [0.15, 0.2) is 0 Å². The highest BCUT2D eigenvalue weighted by Gasteiger charge is 2.21. The normalized spacial score (nSPS) is 19.5. The maximum Gasteiger partial charge on any atom is 0.221 e. The molecular formula is C12H18N4O. The Labute approximate surface area is 101 Å². The lowest BCUT2D eigenvalue weighted by Gasteiger charge is -2.29. The molecule has 1 aromatic rings. The lowest BCUT2D eigenvalue weighted by atomic mass is 10.1. The quantitative estimate of drug-likeness (QED) is 0.766. The van der Waals surface area contributed by atoms with Crippen LogP contribution < -0.4 is 11.1 Å². The van der Waals surface area contributed by atoms with E-state index in [9.17, 15) is 4.79 Å². The molecule has 1 unspecified atom stereocenters. The SMILES string of the molecule is NCC(c1ccncc1)N1CCNC(=O)CC1. The minimum atomic E-state index is 0.123. The fourth-order valence-electron chi connectivity index (χ4n) is 2.18. The van der Waals surface area contributed by atoms with Gasteiger partial charge in [-0.3, -0.25) is 14.7 Å². The Kier molecular flexibility index (Phi) is 4.06. The molecule has 1 atom stereocenters. The van der Waals surface area contributed by atoms with Gasteiger partial charge < -0.3 is 11.1 Å². The Balaban J connectivity index is 2.10. The first-order valence-corrected chi connectivity index (χ1v) is 5.92. The van der Waals surface area contributed by atoms with Crippen LogP contribution in [-0.4, -0.2) is 42.0 Å². The summed E-state index contributed by atoms with van der Waals surface area (Å²) in [5, 5.41) is 2.87. The second kappa shape index (κ2) is 5.75. The van der Waals surface area contributed by atoms with Crippen molar-refractivity contribution in [1.82, 2.24) is 15.2 Å². The van der Waals surface area contributed by atoms with Gasteiger partial charge in [-0.1, -0.05) is 0 Å². The monoisotopic (exact) mass is 234 g/mol. The Morgan fingerprint density at radius 1 is 1.41 bits per heavy atom. The molecule has 2 rings (SSSR count). The summed E-state index contributed by atoms with van der Waals surface area (Å²) in [7, 11) is 0. The molecule has 0 bridgehead atoms. The van der Waals surface area contributed by atoms with Crippen LogP contribution in [0, 0.1) is 0 Å². The van der Waals surface area contributed by atoms with Crippen molar-refractivity contribution in [2.75, 3.05) is 26.2 Å². The molecule has 1 aliphatic heterocycles. The summed E-state index contributed by atoms with van der Waals surface area (Å²) < 4.78 is 0. The van der Waals surface area contributed by atoms with Gasteiger partial charge in [0.1, 0.15) is 0 Å². The van der Waals surface area contributed by atoms with E-state index >= 15 is 0 Å². The highest BCUT2D eigenvalue weighted by molar-refractivity contribution is 5.76. The molecule has 0 aromatic carbocycles. The summed E-state index contributed by atoms with van der Waals surface area (Å²) >= 11 is 0. The van der Waals surface area contributed by atoms with E-state index in [1.807, 2.05) is 12.1 Å². The van der Waals surface area contributed by atoms with E-state index in [0.29, 0.717) is 19.5 Å². The van der Waals surface area contributed by atoms with E-state index in [-0.39, 0.29) is 11.9 Å². The number of rotatable bonds is 3. The molecule has 1 fully saturated rings. The third kappa shape index (κ3) is 3.01. The second-order valence-electron chi connectivity index (χ2n) is 4.17. The Morgan fingerprint density at radius 3 is 2.88 bits per heavy atom. The predicted octanol–water partition coefficient (Wildman–Crippen LogP) is -0.0967. The van der Waals surface area contributed by atoms with E-state index < -0.39 is 0 Å². The maximum atomic E-state index is 11.3. The van der Waals surface area contributed by atoms with E-state index in [4.69, 9.17) is 5.73 Å². The summed E-state index contributed by atoms with van der Waals surface area (Å²) in [5.74, 6) is 0.123. The van der Waals surface area contributed by atoms with Gasteiger partial charge in [0, 0.05) is 51.0 Å². The van der Waals surface area contributed by atoms with Gasteiger partial charge in [-0.05, 0) is 17.7 Å². The second-order valence-corrected chi connectivity index (χ2v) is 4.17. The van der Waals surface area contributed by atoms with E-state index in [1.54, 1.807) is 12.4 Å². The number of nitrogens with zero attached hydrogens (tertiary/aromatic N) is 2. The summed E-state index contributed by atoms with van der Waals surface area (Å²) in [6, 6.07) is 4.14. The first kappa shape index (κ1) is 12.0. The number of hydrogen-bond acceptors (Lipinski definition) is 4. The van der Waals surface area contributed by atoms with Crippen molar-refractivity contribution < 1.29 is 4.79 Å². The van der Waals surface area contributed by atoms with Crippen molar-refractivity contribution in [1.29, 1.82) is 0 Å². The van der Waals surface area contributed by atoms with Crippen LogP contribution >= 0.6 is 0 Å². The number of nitrogens with one attached hydrogen (secondary N) is 1. The van der Waals surface area contributed by atoms with Crippen molar-refractivity contribution in [2.24, 2.45) is 5.73 Å². The molecule has 1 aromatic heterocycles. The van der Waals surface area contributed by atoms with Crippen LogP contribution in [0.3, 0.4) is 0 Å². The number of pyridine rings is 1. The molecule has 92 valence electrons. The third-order valence-corrected chi connectivity index (χ3v) is 3.10. The number of aromatic nitrogens is 1. The Morgan fingerprint density at radius 2 is 2.18 bits per heavy atom. The molecule has 5 nitrogen and oxygen atoms in total. The van der Waals surface area contributed by atoms with Crippen LogP contribution in [0.4, 0.5) is 0 Å². The fourth-order valence-corrected chi connectivity index (χ4v) is 2.18. The zero-order valence-electron chi connectivity index (χ0n) is 9.80. The minimum Gasteiger partial charge on any atom is -0.355 e. The highest BCUT2D eigenvalue weighted by Crippen LogP contribution is 2.19. The van der Waals surface area contributed by atoms with E-state index in [1.165, 1.54) is 0 Å².